The van der Waals surface area contributed by atoms with Gasteiger partial charge in [0, 0.05) is 41.8 Å². The van der Waals surface area contributed by atoms with Crippen LogP contribution in [0.15, 0.2) is 149 Å². The third-order valence-corrected chi connectivity index (χ3v) is 23.5. The predicted octanol–water partition coefficient (Wildman–Crippen LogP) is 3.04. The van der Waals surface area contributed by atoms with E-state index in [0.29, 0.717) is 5.02 Å². The number of carbonyl (C=O) groups is 8. The summed E-state index contributed by atoms with van der Waals surface area (Å²) in [7, 11) is 1.48. The summed E-state index contributed by atoms with van der Waals surface area (Å²) < 4.78 is 40.0. The van der Waals surface area contributed by atoms with Crippen molar-refractivity contribution in [1.82, 2.24) is 42.5 Å². The van der Waals surface area contributed by atoms with Crippen LogP contribution in [0.3, 0.4) is 0 Å². The normalized spacial score (nSPS) is 31.8. The predicted molar refractivity (Wildman–Crippen MR) is 419 cm³/mol. The fourth-order valence-electron chi connectivity index (χ4n) is 15.9. The molecule has 0 spiro atoms. The van der Waals surface area contributed by atoms with Gasteiger partial charge in [0.15, 0.2) is 29.9 Å². The number of aliphatic carboxylic acids is 1. The number of ether oxygens (including phenoxy) is 6. The van der Waals surface area contributed by atoms with Crippen molar-refractivity contribution in [2.45, 2.75) is 200 Å². The second-order valence-electron chi connectivity index (χ2n) is 30.6. The Bertz CT molecular complexity index is 4700. The molecule has 11 bridgehead atoms. The number of hydrogen-bond donors (Lipinski definition) is 19. The Kier molecular flexibility index (Phi) is 27.0. The lowest BCUT2D eigenvalue weighted by Gasteiger charge is -2.49. The number of carboxylic acids is 1. The highest BCUT2D eigenvalue weighted by molar-refractivity contribution is 6.32. The molecule has 10 aliphatic rings. The zero-order valence-corrected chi connectivity index (χ0v) is 66.4. The van der Waals surface area contributed by atoms with Gasteiger partial charge in [-0.1, -0.05) is 106 Å². The number of rotatable bonds is 18. The molecule has 0 radical (unpaired) electrons. The molecule has 7 amide bonds. The monoisotopic (exact) mass is 1680 g/mol. The Morgan fingerprint density at radius 2 is 1.42 bits per heavy atom. The largest absolute Gasteiger partial charge is 0.512 e. The van der Waals surface area contributed by atoms with E-state index in [1.165, 1.54) is 44.3 Å². The Labute approximate surface area is 686 Å². The van der Waals surface area contributed by atoms with E-state index in [9.17, 15) is 65.4 Å². The maximum atomic E-state index is 16.3. The third kappa shape index (κ3) is 18.7. The van der Waals surface area contributed by atoms with E-state index < -0.39 is 246 Å². The van der Waals surface area contributed by atoms with Crippen LogP contribution in [0.5, 0.6) is 23.0 Å². The van der Waals surface area contributed by atoms with E-state index in [2.05, 4.69) is 42.5 Å². The number of halogens is 3. The lowest BCUT2D eigenvalue weighted by Crippen LogP contribution is -2.66. The molecule has 36 heteroatoms. The Balaban J connectivity index is 1.04. The van der Waals surface area contributed by atoms with Crippen LogP contribution in [0.2, 0.25) is 10.0 Å². The first-order valence-corrected chi connectivity index (χ1v) is 39.3. The summed E-state index contributed by atoms with van der Waals surface area (Å²) in [6, 6.07) is 6.84. The van der Waals surface area contributed by atoms with E-state index in [1.807, 2.05) is 57.2 Å². The first kappa shape index (κ1) is 86.8. The number of hydrogen-bond acceptors (Lipinski definition) is 25. The number of benzene rings is 4. The van der Waals surface area contributed by atoms with Crippen LogP contribution in [0.4, 0.5) is 0 Å². The van der Waals surface area contributed by atoms with Gasteiger partial charge in [0.05, 0.1) is 59.1 Å². The highest BCUT2D eigenvalue weighted by Gasteiger charge is 2.54. The van der Waals surface area contributed by atoms with Crippen LogP contribution in [0, 0.1) is 17.8 Å². The number of allylic oxidation sites excluding steroid dienone is 6. The molecule has 4 aromatic carbocycles. The standard InChI is InChI=1S/C81H94Cl3N9O24/c1-7-81(87-31-36-8-10-37(11-9-36)38-12-16-42(82)17-13-38)30-58(112-35(5)72(81)103)116-71-69(102)68(101)56(32-94)115-80(71)117-70-54-25-41-26-55(70)114-53-21-18-44(34(4)60(53)84)67(100)65-78(109)91-63(79(110)111)46-27-43(95)28-51(97)59(46)45-23-39(14-19-50(45)96)61(75(106)93-65)90-76(107)62(41)89-74(105)49(29-57(85)98)88-77(108)64(92-73(104)48(86-6)22-33(2)3)66(99)40-15-20-52(113-54)47(83)24-40/h8-21,24-27,33-35,43,45,48-49,56,58,60-69,71-72,80,86-87,94-97,99-103H,7,22-23,28-32H2,1-6H3,(H2,85,98)(H,88,108)(H,89,105)(H,90,107)(H,91,109)(H,92,104)(H,93,106)(H,110,111)/t34?,35?,43?,45?,48-,49+,56?,58+,60?,61?,62-,63+,64-,65+,66-,67-,68?,69+,71?,72-,80-,81?/m1/s1. The second-order valence-corrected chi connectivity index (χ2v) is 32.0. The Morgan fingerprint density at radius 1 is 0.744 bits per heavy atom. The Hall–Kier alpha value is -9.53. The highest BCUT2D eigenvalue weighted by atomic mass is 35.5. The molecule has 7 heterocycles. The summed E-state index contributed by atoms with van der Waals surface area (Å²) in [5, 5.41) is 138. The smallest absolute Gasteiger partial charge is 0.330 e. The van der Waals surface area contributed by atoms with Crippen molar-refractivity contribution < 1.29 is 118 Å². The average molecular weight is 1680 g/mol. The summed E-state index contributed by atoms with van der Waals surface area (Å²) >= 11 is 20.8. The fourth-order valence-corrected chi connectivity index (χ4v) is 16.5. The third-order valence-electron chi connectivity index (χ3n) is 22.3. The average Bonchev–Trinajstić information content (AvgIpc) is 0.762. The molecule has 22 atom stereocenters. The van der Waals surface area contributed by atoms with Gasteiger partial charge in [0.25, 0.3) is 0 Å². The summed E-state index contributed by atoms with van der Waals surface area (Å²) in [4.78, 5) is 119. The van der Waals surface area contributed by atoms with Crippen molar-refractivity contribution in [3.8, 4) is 34.1 Å². The van der Waals surface area contributed by atoms with Crippen LogP contribution in [-0.2, 0) is 59.1 Å². The van der Waals surface area contributed by atoms with Gasteiger partial charge in [-0.25, -0.2) is 4.79 Å². The lowest BCUT2D eigenvalue weighted by molar-refractivity contribution is -0.335. The van der Waals surface area contributed by atoms with Gasteiger partial charge in [-0.15, -0.1) is 11.6 Å². The number of nitrogens with two attached hydrogens (primary N) is 1. The summed E-state index contributed by atoms with van der Waals surface area (Å²) in [5.41, 5.74) is 5.71. The van der Waals surface area contributed by atoms with Crippen LogP contribution < -0.4 is 62.5 Å². The van der Waals surface area contributed by atoms with E-state index in [4.69, 9.17) is 69.0 Å². The molecule has 117 heavy (non-hydrogen) atoms. The fraction of sp³-hybridized carbons (Fsp3) is 0.457. The minimum Gasteiger partial charge on any atom is -0.512 e. The van der Waals surface area contributed by atoms with E-state index in [1.54, 1.807) is 19.1 Å². The number of aliphatic hydroxyl groups excluding tert-OH is 9. The molecule has 3 fully saturated rings. The van der Waals surface area contributed by atoms with E-state index >= 15 is 24.0 Å². The number of fused-ring (bicyclic) bond motifs is 15. The zero-order valence-electron chi connectivity index (χ0n) is 64.1. The van der Waals surface area contributed by atoms with Gasteiger partial charge >= 0.3 is 5.97 Å². The molecule has 3 saturated heterocycles. The number of likely N-dealkylation sites (N-methyl/N-ethyl adjacent to an activating group) is 1. The van der Waals surface area contributed by atoms with Gasteiger partial charge in [-0.05, 0) is 138 Å². The van der Waals surface area contributed by atoms with Crippen LogP contribution in [0.1, 0.15) is 102 Å². The molecule has 4 aromatic rings. The van der Waals surface area contributed by atoms with Crippen molar-refractivity contribution >= 4 is 82.1 Å². The number of amides is 7. The maximum absolute atomic E-state index is 16.3. The van der Waals surface area contributed by atoms with Crippen molar-refractivity contribution in [2.24, 2.45) is 23.5 Å². The van der Waals surface area contributed by atoms with Gasteiger partial charge in [-0.2, -0.15) is 0 Å². The molecule has 0 saturated carbocycles. The SMILES string of the molecule is CCC1(NCc2ccc(-c3ccc(Cl)cc3)cc2)C[C@H](OC2[C@@H](Oc3c4cc5cc3Oc3ccc(cc3Cl)[C@@H](O)[C@@H](NC(=O)[C@@H](CC(C)C)NC)C(=O)N[C@@H](CC(N)=O)C(=O)N[C@H]5C(=O)NC3C(=O)N[C@H](C(=O)N[C@H](C(=O)O)C5=CC(O)CC(O)=C5C5CC3=CC=C5O)[C@H](O)C3=CC=C(O4)C(Cl)C3C)OC(CO)C(O)[C@@H]2O)OC(C)[C@H]1O. The number of carbonyl (C=O) groups excluding carboxylic acids is 7. The molecule has 20 N–H and O–H groups in total. The highest BCUT2D eigenvalue weighted by Crippen LogP contribution is 2.49. The van der Waals surface area contributed by atoms with Crippen molar-refractivity contribution in [3.05, 3.63) is 176 Å². The molecule has 33 nitrogen and oxygen atoms in total. The molecule has 3 aliphatic carbocycles. The molecular weight excluding hydrogens is 1590 g/mol. The van der Waals surface area contributed by atoms with E-state index in [0.717, 1.165) is 47.0 Å². The molecule has 14 rings (SSSR count). The zero-order chi connectivity index (χ0) is 84.5. The van der Waals surface area contributed by atoms with Crippen LogP contribution in [-0.4, -0.2) is 221 Å². The van der Waals surface area contributed by atoms with Crippen molar-refractivity contribution in [1.29, 1.82) is 0 Å². The van der Waals surface area contributed by atoms with Crippen LogP contribution >= 0.6 is 34.8 Å². The maximum Gasteiger partial charge on any atom is 0.330 e. The van der Waals surface area contributed by atoms with Gasteiger partial charge in [-0.3, -0.25) is 33.6 Å². The molecule has 10 unspecified atom stereocenters. The number of nitrogens with one attached hydrogen (secondary N) is 8. The minimum absolute atomic E-state index is 0.101. The molecule has 7 aliphatic heterocycles. The molecule has 0 aromatic heterocycles. The Morgan fingerprint density at radius 3 is 2.07 bits per heavy atom. The number of aliphatic hydroxyl groups is 9. The topological polar surface area (TPSA) is 517 Å². The van der Waals surface area contributed by atoms with E-state index in [-0.39, 0.29) is 70.5 Å². The van der Waals surface area contributed by atoms with Gasteiger partial charge in [0.2, 0.25) is 53.4 Å². The lowest BCUT2D eigenvalue weighted by atomic mass is 9.75. The van der Waals surface area contributed by atoms with Gasteiger partial charge in [0.1, 0.15) is 78.0 Å². The number of alkyl halides is 1. The molecule has 628 valence electrons. The van der Waals surface area contributed by atoms with Crippen molar-refractivity contribution in [3.63, 3.8) is 0 Å². The number of primary amides is 1. The van der Waals surface area contributed by atoms with Gasteiger partial charge < -0.3 is 128 Å². The summed E-state index contributed by atoms with van der Waals surface area (Å²) in [6.07, 6.45) is -15.0. The number of carboxylic acid groups (broad SMARTS) is 1. The first-order valence-electron chi connectivity index (χ1n) is 38.1. The summed E-state index contributed by atoms with van der Waals surface area (Å²) in [6.45, 7) is 7.82. The molecular formula is C81H94Cl3N9O24. The van der Waals surface area contributed by atoms with Crippen LogP contribution in [0.25, 0.3) is 11.1 Å². The quantitative estimate of drug-likeness (QED) is 0.0637. The van der Waals surface area contributed by atoms with Crippen molar-refractivity contribution in [2.75, 3.05) is 13.7 Å². The summed E-state index contributed by atoms with van der Waals surface area (Å²) in [5.74, 6) is -16.9. The second kappa shape index (κ2) is 36.4. The first-order chi connectivity index (χ1) is 55.6. The minimum atomic E-state index is -2.33.